The Balaban J connectivity index is 1.18. The van der Waals surface area contributed by atoms with Gasteiger partial charge in [-0.2, -0.15) is 0 Å². The van der Waals surface area contributed by atoms with E-state index in [9.17, 15) is 0 Å². The second kappa shape index (κ2) is 12.5. The maximum Gasteiger partial charge on any atom is 0.159 e. The molecule has 0 saturated heterocycles. The Morgan fingerprint density at radius 3 is 1.71 bits per heavy atom. The molecular weight excluding hydrogens is 631 g/mol. The highest BCUT2D eigenvalue weighted by Crippen LogP contribution is 2.47. The SMILES string of the molecule is c1ccc(-c2cccc(-c3ccc(N(c4ccccc4-c4cccc5ccccc45)c4cccc5c4oc4cc6ccccc6cc45)cc3)c2)cc1. The Kier molecular flexibility index (Phi) is 7.18. The van der Waals surface area contributed by atoms with Gasteiger partial charge in [0, 0.05) is 22.0 Å². The van der Waals surface area contributed by atoms with Crippen LogP contribution in [-0.4, -0.2) is 0 Å². The molecule has 244 valence electrons. The zero-order valence-electron chi connectivity index (χ0n) is 28.4. The minimum atomic E-state index is 0.861. The predicted octanol–water partition coefficient (Wildman–Crippen LogP) is 14.4. The second-order valence-electron chi connectivity index (χ2n) is 13.3. The van der Waals surface area contributed by atoms with Crippen LogP contribution >= 0.6 is 0 Å². The molecule has 2 nitrogen and oxygen atoms in total. The van der Waals surface area contributed by atoms with Crippen LogP contribution in [0.5, 0.6) is 0 Å². The van der Waals surface area contributed by atoms with Gasteiger partial charge in [-0.15, -0.1) is 0 Å². The predicted molar refractivity (Wildman–Crippen MR) is 220 cm³/mol. The van der Waals surface area contributed by atoms with Gasteiger partial charge in [0.05, 0.1) is 11.4 Å². The van der Waals surface area contributed by atoms with Gasteiger partial charge in [0.25, 0.3) is 0 Å². The molecule has 0 saturated carbocycles. The first-order valence-electron chi connectivity index (χ1n) is 17.8. The van der Waals surface area contributed by atoms with Gasteiger partial charge in [0.15, 0.2) is 5.58 Å². The van der Waals surface area contributed by atoms with Gasteiger partial charge in [-0.3, -0.25) is 0 Å². The van der Waals surface area contributed by atoms with Crippen LogP contribution in [0.1, 0.15) is 0 Å². The minimum absolute atomic E-state index is 0.861. The molecule has 0 aliphatic carbocycles. The quantitative estimate of drug-likeness (QED) is 0.176. The Labute approximate surface area is 302 Å². The monoisotopic (exact) mass is 663 g/mol. The normalized spacial score (nSPS) is 11.5. The zero-order chi connectivity index (χ0) is 34.4. The first-order valence-corrected chi connectivity index (χ1v) is 17.8. The Morgan fingerprint density at radius 2 is 0.885 bits per heavy atom. The largest absolute Gasteiger partial charge is 0.454 e. The molecule has 1 aromatic heterocycles. The highest BCUT2D eigenvalue weighted by Gasteiger charge is 2.23. The van der Waals surface area contributed by atoms with Crippen LogP contribution in [0.4, 0.5) is 17.1 Å². The van der Waals surface area contributed by atoms with Gasteiger partial charge < -0.3 is 9.32 Å². The van der Waals surface area contributed by atoms with Crippen molar-refractivity contribution in [1.29, 1.82) is 0 Å². The van der Waals surface area contributed by atoms with Gasteiger partial charge in [-0.1, -0.05) is 158 Å². The number of para-hydroxylation sites is 2. The van der Waals surface area contributed by atoms with Crippen molar-refractivity contribution in [3.05, 3.63) is 200 Å². The third kappa shape index (κ3) is 5.12. The number of rotatable bonds is 6. The lowest BCUT2D eigenvalue weighted by Gasteiger charge is -2.28. The average Bonchev–Trinajstić information content (AvgIpc) is 3.59. The lowest BCUT2D eigenvalue weighted by atomic mass is 9.95. The van der Waals surface area contributed by atoms with Crippen molar-refractivity contribution >= 4 is 60.5 Å². The fraction of sp³-hybridized carbons (Fsp3) is 0. The van der Waals surface area contributed by atoms with Crippen molar-refractivity contribution in [1.82, 2.24) is 0 Å². The number of hydrogen-bond acceptors (Lipinski definition) is 2. The maximum absolute atomic E-state index is 6.84. The first-order chi connectivity index (χ1) is 25.8. The zero-order valence-corrected chi connectivity index (χ0v) is 28.4. The number of benzene rings is 9. The third-order valence-corrected chi connectivity index (χ3v) is 10.2. The summed E-state index contributed by atoms with van der Waals surface area (Å²) in [5, 5.41) is 7.02. The van der Waals surface area contributed by atoms with Gasteiger partial charge >= 0.3 is 0 Å². The van der Waals surface area contributed by atoms with Crippen molar-refractivity contribution < 1.29 is 4.42 Å². The average molecular weight is 664 g/mol. The molecule has 0 N–H and O–H groups in total. The van der Waals surface area contributed by atoms with Crippen LogP contribution in [-0.2, 0) is 0 Å². The van der Waals surface area contributed by atoms with Gasteiger partial charge in [0.2, 0.25) is 0 Å². The van der Waals surface area contributed by atoms with E-state index in [0.29, 0.717) is 0 Å². The summed E-state index contributed by atoms with van der Waals surface area (Å²) in [6.07, 6.45) is 0. The van der Waals surface area contributed by atoms with E-state index in [1.54, 1.807) is 0 Å². The molecule has 2 heteroatoms. The lowest BCUT2D eigenvalue weighted by Crippen LogP contribution is -2.11. The van der Waals surface area contributed by atoms with E-state index < -0.39 is 0 Å². The van der Waals surface area contributed by atoms with Crippen molar-refractivity contribution in [2.75, 3.05) is 4.90 Å². The van der Waals surface area contributed by atoms with E-state index in [0.717, 1.165) is 50.1 Å². The van der Waals surface area contributed by atoms with Crippen LogP contribution in [0.2, 0.25) is 0 Å². The van der Waals surface area contributed by atoms with E-state index in [-0.39, 0.29) is 0 Å². The van der Waals surface area contributed by atoms with E-state index in [1.807, 2.05) is 0 Å². The van der Waals surface area contributed by atoms with E-state index in [4.69, 9.17) is 4.42 Å². The van der Waals surface area contributed by atoms with Crippen molar-refractivity contribution in [3.8, 4) is 33.4 Å². The number of hydrogen-bond donors (Lipinski definition) is 0. The standard InChI is InChI=1S/C50H33NO/c1-2-13-34(14-3-1)37-19-10-20-38(31-37)35-27-29-41(30-28-35)51(47-25-9-8-22-44(47)43-23-11-18-36-15-6-7-21-42(36)43)48-26-12-24-45-46-32-39-16-4-5-17-40(39)33-49(46)52-50(45)48/h1-33H. The molecule has 0 atom stereocenters. The van der Waals surface area contributed by atoms with Crippen LogP contribution in [0.15, 0.2) is 205 Å². The molecule has 0 radical (unpaired) electrons. The topological polar surface area (TPSA) is 16.4 Å². The summed E-state index contributed by atoms with van der Waals surface area (Å²) in [5.41, 5.74) is 12.0. The molecule has 1 heterocycles. The van der Waals surface area contributed by atoms with Crippen LogP contribution in [0.25, 0.3) is 76.9 Å². The van der Waals surface area contributed by atoms with Gasteiger partial charge in [0.1, 0.15) is 5.58 Å². The van der Waals surface area contributed by atoms with Crippen LogP contribution in [0.3, 0.4) is 0 Å². The smallest absolute Gasteiger partial charge is 0.159 e. The van der Waals surface area contributed by atoms with Crippen LogP contribution in [0, 0.1) is 0 Å². The summed E-state index contributed by atoms with van der Waals surface area (Å²) >= 11 is 0. The van der Waals surface area contributed by atoms with Crippen LogP contribution < -0.4 is 4.90 Å². The molecule has 0 amide bonds. The Morgan fingerprint density at radius 1 is 0.327 bits per heavy atom. The summed E-state index contributed by atoms with van der Waals surface area (Å²) in [6.45, 7) is 0. The maximum atomic E-state index is 6.84. The summed E-state index contributed by atoms with van der Waals surface area (Å²) in [7, 11) is 0. The molecule has 0 unspecified atom stereocenters. The molecule has 0 bridgehead atoms. The molecule has 0 aliphatic heterocycles. The molecule has 0 spiro atoms. The minimum Gasteiger partial charge on any atom is -0.454 e. The number of anilines is 3. The molecule has 10 rings (SSSR count). The molecule has 0 aliphatic rings. The van der Waals surface area contributed by atoms with Gasteiger partial charge in [-0.25, -0.2) is 0 Å². The summed E-state index contributed by atoms with van der Waals surface area (Å²) in [5.74, 6) is 0. The van der Waals surface area contributed by atoms with Gasteiger partial charge in [-0.05, 0) is 91.8 Å². The highest BCUT2D eigenvalue weighted by molar-refractivity contribution is 6.14. The Bertz CT molecular complexity index is 2900. The lowest BCUT2D eigenvalue weighted by molar-refractivity contribution is 0.669. The fourth-order valence-corrected chi connectivity index (χ4v) is 7.72. The summed E-state index contributed by atoms with van der Waals surface area (Å²) in [6, 6.07) is 71.6. The van der Waals surface area contributed by atoms with E-state index in [1.165, 1.54) is 43.8 Å². The molecule has 0 fully saturated rings. The Hall–Kier alpha value is -6.90. The molecular formula is C50H33NO. The molecule has 52 heavy (non-hydrogen) atoms. The number of furan rings is 1. The molecule has 9 aromatic carbocycles. The molecule has 10 aromatic rings. The first kappa shape index (κ1) is 30.0. The summed E-state index contributed by atoms with van der Waals surface area (Å²) in [4.78, 5) is 2.37. The fourth-order valence-electron chi connectivity index (χ4n) is 7.72. The van der Waals surface area contributed by atoms with Crippen molar-refractivity contribution in [3.63, 3.8) is 0 Å². The second-order valence-corrected chi connectivity index (χ2v) is 13.3. The highest BCUT2D eigenvalue weighted by atomic mass is 16.3. The van der Waals surface area contributed by atoms with E-state index >= 15 is 0 Å². The van der Waals surface area contributed by atoms with Crippen molar-refractivity contribution in [2.24, 2.45) is 0 Å². The van der Waals surface area contributed by atoms with Crippen molar-refractivity contribution in [2.45, 2.75) is 0 Å². The summed E-state index contributed by atoms with van der Waals surface area (Å²) < 4.78 is 6.84. The number of nitrogens with zero attached hydrogens (tertiary/aromatic N) is 1. The third-order valence-electron chi connectivity index (χ3n) is 10.2. The van der Waals surface area contributed by atoms with E-state index in [2.05, 4.69) is 205 Å². The number of fused-ring (bicyclic) bond motifs is 5.